The van der Waals surface area contributed by atoms with Gasteiger partial charge < -0.3 is 25.6 Å². The fourth-order valence-corrected chi connectivity index (χ4v) is 4.54. The molecule has 1 saturated heterocycles. The molecular weight excluding hydrogens is 451 g/mol. The fraction of sp³-hybridized carbons (Fsp3) is 0.304. The molecule has 3 heterocycles. The highest BCUT2D eigenvalue weighted by atomic mass is 35.5. The number of carbonyl (C=O) groups is 1. The topological polar surface area (TPSA) is 110 Å². The standard InChI is InChI=1S/C23H22ClFN4O4/c24-15-7-14(23(31)22-13(15)2-1-5-27-22)21(12-3-4-18-19(6-12)33-11-32-18)28-20(30)10-29-8-16(25)17(26)9-29/h1-7,16-17,21,31H,8-11,26H2,(H,28,30)/t16-,17+,21?/m1/s1. The van der Waals surface area contributed by atoms with Gasteiger partial charge in [-0.05, 0) is 35.9 Å². The van der Waals surface area contributed by atoms with E-state index in [0.29, 0.717) is 45.1 Å². The molecule has 4 N–H and O–H groups in total. The molecule has 0 spiro atoms. The lowest BCUT2D eigenvalue weighted by molar-refractivity contribution is -0.122. The number of rotatable bonds is 5. The third-order valence-corrected chi connectivity index (χ3v) is 6.24. The van der Waals surface area contributed by atoms with Crippen LogP contribution in [-0.4, -0.2) is 59.5 Å². The first kappa shape index (κ1) is 21.7. The zero-order valence-corrected chi connectivity index (χ0v) is 18.3. The zero-order valence-electron chi connectivity index (χ0n) is 17.5. The summed E-state index contributed by atoms with van der Waals surface area (Å²) < 4.78 is 24.7. The van der Waals surface area contributed by atoms with E-state index in [-0.39, 0.29) is 31.5 Å². The number of phenols is 1. The second-order valence-corrected chi connectivity index (χ2v) is 8.59. The normalized spacial score (nSPS) is 20.8. The van der Waals surface area contributed by atoms with Gasteiger partial charge in [0.05, 0.1) is 17.6 Å². The van der Waals surface area contributed by atoms with E-state index >= 15 is 0 Å². The largest absolute Gasteiger partial charge is 0.505 e. The lowest BCUT2D eigenvalue weighted by atomic mass is 9.95. The first-order valence-electron chi connectivity index (χ1n) is 10.5. The van der Waals surface area contributed by atoms with E-state index in [9.17, 15) is 14.3 Å². The predicted molar refractivity (Wildman–Crippen MR) is 120 cm³/mol. The van der Waals surface area contributed by atoms with Crippen molar-refractivity contribution >= 4 is 28.4 Å². The number of nitrogens with two attached hydrogens (primary N) is 1. The van der Waals surface area contributed by atoms with Crippen molar-refractivity contribution in [3.63, 3.8) is 0 Å². The van der Waals surface area contributed by atoms with Gasteiger partial charge in [-0.15, -0.1) is 0 Å². The molecule has 3 aromatic rings. The molecule has 5 rings (SSSR count). The summed E-state index contributed by atoms with van der Waals surface area (Å²) in [5, 5.41) is 15.0. The average Bonchev–Trinajstić information content (AvgIpc) is 3.40. The molecule has 1 amide bonds. The van der Waals surface area contributed by atoms with Crippen LogP contribution in [0, 0.1) is 0 Å². The lowest BCUT2D eigenvalue weighted by Gasteiger charge is -2.23. The van der Waals surface area contributed by atoms with Crippen molar-refractivity contribution in [3.8, 4) is 17.2 Å². The molecule has 33 heavy (non-hydrogen) atoms. The van der Waals surface area contributed by atoms with Gasteiger partial charge in [-0.1, -0.05) is 17.7 Å². The summed E-state index contributed by atoms with van der Waals surface area (Å²) in [7, 11) is 0. The summed E-state index contributed by atoms with van der Waals surface area (Å²) in [5.74, 6) is 0.675. The number of fused-ring (bicyclic) bond motifs is 2. The van der Waals surface area contributed by atoms with Crippen LogP contribution >= 0.6 is 11.6 Å². The van der Waals surface area contributed by atoms with Gasteiger partial charge in [0.15, 0.2) is 11.5 Å². The van der Waals surface area contributed by atoms with Crippen LogP contribution in [0.5, 0.6) is 17.2 Å². The molecule has 1 fully saturated rings. The SMILES string of the molecule is N[C@H]1CN(CC(=O)NC(c2ccc3c(c2)OCO3)c2cc(Cl)c3cccnc3c2O)C[C@H]1F. The van der Waals surface area contributed by atoms with E-state index < -0.39 is 18.3 Å². The molecule has 2 aliphatic rings. The van der Waals surface area contributed by atoms with E-state index in [1.807, 2.05) is 0 Å². The first-order chi connectivity index (χ1) is 15.9. The number of pyridine rings is 1. The number of halogens is 2. The molecule has 2 aliphatic heterocycles. The quantitative estimate of drug-likeness (QED) is 0.523. The number of nitrogens with zero attached hydrogens (tertiary/aromatic N) is 2. The Morgan fingerprint density at radius 1 is 1.30 bits per heavy atom. The Morgan fingerprint density at radius 3 is 2.91 bits per heavy atom. The number of alkyl halides is 1. The number of ether oxygens (including phenoxy) is 2. The van der Waals surface area contributed by atoms with Crippen molar-refractivity contribution in [2.24, 2.45) is 5.73 Å². The molecule has 3 atom stereocenters. The van der Waals surface area contributed by atoms with Crippen molar-refractivity contribution in [2.75, 3.05) is 26.4 Å². The highest BCUT2D eigenvalue weighted by Gasteiger charge is 2.32. The van der Waals surface area contributed by atoms with Gasteiger partial charge >= 0.3 is 0 Å². The van der Waals surface area contributed by atoms with Crippen LogP contribution in [0.15, 0.2) is 42.6 Å². The first-order valence-corrected chi connectivity index (χ1v) is 10.9. The monoisotopic (exact) mass is 472 g/mol. The number of carbonyl (C=O) groups excluding carboxylic acids is 1. The van der Waals surface area contributed by atoms with Crippen LogP contribution in [0.3, 0.4) is 0 Å². The Labute approximate surface area is 194 Å². The average molecular weight is 473 g/mol. The Morgan fingerprint density at radius 2 is 2.12 bits per heavy atom. The van der Waals surface area contributed by atoms with Gasteiger partial charge in [-0.3, -0.25) is 14.7 Å². The highest BCUT2D eigenvalue weighted by molar-refractivity contribution is 6.35. The molecule has 10 heteroatoms. The summed E-state index contributed by atoms with van der Waals surface area (Å²) in [6.07, 6.45) is 0.386. The molecule has 1 unspecified atom stereocenters. The molecule has 0 saturated carbocycles. The van der Waals surface area contributed by atoms with Crippen LogP contribution in [0.25, 0.3) is 10.9 Å². The zero-order chi connectivity index (χ0) is 23.1. The van der Waals surface area contributed by atoms with Crippen LogP contribution < -0.4 is 20.5 Å². The van der Waals surface area contributed by atoms with Crippen LogP contribution in [0.1, 0.15) is 17.2 Å². The molecular formula is C23H22ClFN4O4. The van der Waals surface area contributed by atoms with Crippen LogP contribution in [-0.2, 0) is 4.79 Å². The summed E-state index contributed by atoms with van der Waals surface area (Å²) >= 11 is 6.49. The molecule has 8 nitrogen and oxygen atoms in total. The maximum absolute atomic E-state index is 13.8. The number of aromatic nitrogens is 1. The minimum Gasteiger partial charge on any atom is -0.505 e. The van der Waals surface area contributed by atoms with E-state index in [4.69, 9.17) is 26.8 Å². The van der Waals surface area contributed by atoms with Crippen LogP contribution in [0.2, 0.25) is 5.02 Å². The second kappa shape index (κ2) is 8.66. The van der Waals surface area contributed by atoms with Crippen molar-refractivity contribution in [1.82, 2.24) is 15.2 Å². The molecule has 0 aliphatic carbocycles. The number of benzene rings is 2. The van der Waals surface area contributed by atoms with E-state index in [1.54, 1.807) is 47.5 Å². The summed E-state index contributed by atoms with van der Waals surface area (Å²) in [6, 6.07) is 8.96. The number of nitrogens with one attached hydrogen (secondary N) is 1. The number of phenolic OH excluding ortho intramolecular Hbond substituents is 1. The second-order valence-electron chi connectivity index (χ2n) is 8.18. The van der Waals surface area contributed by atoms with Crippen molar-refractivity contribution in [2.45, 2.75) is 18.3 Å². The molecule has 0 radical (unpaired) electrons. The van der Waals surface area contributed by atoms with Gasteiger partial charge in [-0.2, -0.15) is 0 Å². The predicted octanol–water partition coefficient (Wildman–Crippen LogP) is 2.51. The maximum atomic E-state index is 13.8. The van der Waals surface area contributed by atoms with E-state index in [0.717, 1.165) is 0 Å². The Bertz CT molecular complexity index is 1220. The van der Waals surface area contributed by atoms with Gasteiger partial charge in [0, 0.05) is 36.3 Å². The van der Waals surface area contributed by atoms with E-state index in [1.165, 1.54) is 0 Å². The van der Waals surface area contributed by atoms with Crippen LogP contribution in [0.4, 0.5) is 4.39 Å². The fourth-order valence-electron chi connectivity index (χ4n) is 4.27. The Kier molecular flexibility index (Phi) is 5.69. The molecule has 1 aromatic heterocycles. The van der Waals surface area contributed by atoms with Gasteiger partial charge in [0.2, 0.25) is 12.7 Å². The molecule has 2 aromatic carbocycles. The number of amides is 1. The third-order valence-electron chi connectivity index (χ3n) is 5.92. The minimum atomic E-state index is -1.17. The number of hydrogen-bond acceptors (Lipinski definition) is 7. The number of aromatic hydroxyl groups is 1. The molecule has 0 bridgehead atoms. The smallest absolute Gasteiger partial charge is 0.234 e. The minimum absolute atomic E-state index is 0.0322. The van der Waals surface area contributed by atoms with Gasteiger partial charge in [0.25, 0.3) is 0 Å². The van der Waals surface area contributed by atoms with Gasteiger partial charge in [-0.25, -0.2) is 4.39 Å². The molecule has 172 valence electrons. The maximum Gasteiger partial charge on any atom is 0.234 e. The van der Waals surface area contributed by atoms with Crippen molar-refractivity contribution in [1.29, 1.82) is 0 Å². The lowest BCUT2D eigenvalue weighted by Crippen LogP contribution is -2.39. The Hall–Kier alpha value is -3.14. The number of likely N-dealkylation sites (tertiary alicyclic amines) is 1. The third kappa shape index (κ3) is 4.15. The highest BCUT2D eigenvalue weighted by Crippen LogP contribution is 2.41. The number of hydrogen-bond donors (Lipinski definition) is 3. The van der Waals surface area contributed by atoms with Gasteiger partial charge in [0.1, 0.15) is 17.4 Å². The van der Waals surface area contributed by atoms with Crippen molar-refractivity contribution < 1.29 is 23.8 Å². The Balaban J connectivity index is 1.52. The van der Waals surface area contributed by atoms with E-state index in [2.05, 4.69) is 10.3 Å². The summed E-state index contributed by atoms with van der Waals surface area (Å²) in [5.41, 5.74) is 7.09. The summed E-state index contributed by atoms with van der Waals surface area (Å²) in [6.45, 7) is 0.461. The van der Waals surface area contributed by atoms with Crippen molar-refractivity contribution in [3.05, 3.63) is 58.7 Å². The summed E-state index contributed by atoms with van der Waals surface area (Å²) in [4.78, 5) is 18.9.